The summed E-state index contributed by atoms with van der Waals surface area (Å²) in [6.45, 7) is 3.32. The Labute approximate surface area is 174 Å². The molecule has 2 fully saturated rings. The Bertz CT molecular complexity index is 837. The Morgan fingerprint density at radius 2 is 1.60 bits per heavy atom. The van der Waals surface area contributed by atoms with E-state index in [1.165, 1.54) is 11.8 Å². The van der Waals surface area contributed by atoms with Crippen molar-refractivity contribution in [3.8, 4) is 0 Å². The van der Waals surface area contributed by atoms with Crippen LogP contribution in [0.1, 0.15) is 12.5 Å². The Morgan fingerprint density at radius 1 is 1.03 bits per heavy atom. The molecule has 0 spiro atoms. The minimum absolute atomic E-state index is 0.0164. The van der Waals surface area contributed by atoms with Gasteiger partial charge in [0.05, 0.1) is 18.8 Å². The van der Waals surface area contributed by atoms with Crippen LogP contribution >= 0.6 is 0 Å². The van der Waals surface area contributed by atoms with E-state index < -0.39 is 5.60 Å². The monoisotopic (exact) mass is 417 g/mol. The molecule has 11 nitrogen and oxygen atoms in total. The van der Waals surface area contributed by atoms with E-state index in [0.29, 0.717) is 38.4 Å². The van der Waals surface area contributed by atoms with Crippen molar-refractivity contribution in [3.63, 3.8) is 0 Å². The molecule has 0 saturated carbocycles. The van der Waals surface area contributed by atoms with Gasteiger partial charge in [0.25, 0.3) is 0 Å². The number of hydrogen-bond acceptors (Lipinski definition) is 5. The van der Waals surface area contributed by atoms with Gasteiger partial charge >= 0.3 is 12.1 Å². The Morgan fingerprint density at radius 3 is 2.13 bits per heavy atom. The molecule has 1 aromatic rings. The standard InChI is InChI=1S/C19H27N7O4/c1-13(27)19(30)11-26(12-19)18(29)25-8-6-24(7-9-25)17(28)22-10-14-2-4-15(5-3-14)23-16(20)21/h2-5,30H,6-12H2,1H3,(H,22,28)(H4,20,21,23). The van der Waals surface area contributed by atoms with E-state index in [2.05, 4.69) is 10.3 Å². The molecule has 162 valence electrons. The first-order chi connectivity index (χ1) is 14.2. The smallest absolute Gasteiger partial charge is 0.320 e. The zero-order valence-electron chi connectivity index (χ0n) is 16.9. The third-order valence-corrected chi connectivity index (χ3v) is 5.31. The lowest BCUT2D eigenvalue weighted by molar-refractivity contribution is -0.150. The van der Waals surface area contributed by atoms with Gasteiger partial charge in [0.2, 0.25) is 0 Å². The molecule has 2 aliphatic rings. The van der Waals surface area contributed by atoms with E-state index in [-0.39, 0.29) is 36.9 Å². The number of nitrogens with zero attached hydrogens (tertiary/aromatic N) is 4. The van der Waals surface area contributed by atoms with E-state index in [1.807, 2.05) is 12.1 Å². The number of rotatable bonds is 4. The summed E-state index contributed by atoms with van der Waals surface area (Å²) in [6, 6.07) is 6.75. The summed E-state index contributed by atoms with van der Waals surface area (Å²) in [6.07, 6.45) is 0. The SMILES string of the molecule is CC(=O)C1(O)CN(C(=O)N2CCN(C(=O)NCc3ccc(N=C(N)N)cc3)CC2)C1. The van der Waals surface area contributed by atoms with E-state index in [9.17, 15) is 19.5 Å². The average molecular weight is 417 g/mol. The number of likely N-dealkylation sites (tertiary alicyclic amines) is 1. The average Bonchev–Trinajstić information content (AvgIpc) is 2.69. The van der Waals surface area contributed by atoms with Crippen molar-refractivity contribution in [2.24, 2.45) is 16.5 Å². The Balaban J connectivity index is 1.41. The van der Waals surface area contributed by atoms with Gasteiger partial charge in [-0.1, -0.05) is 12.1 Å². The molecule has 0 atom stereocenters. The van der Waals surface area contributed by atoms with E-state index in [1.54, 1.807) is 21.9 Å². The van der Waals surface area contributed by atoms with Crippen LogP contribution in [0, 0.1) is 0 Å². The Hall–Kier alpha value is -3.34. The van der Waals surface area contributed by atoms with Gasteiger partial charge in [-0.15, -0.1) is 0 Å². The molecule has 0 aliphatic carbocycles. The molecule has 11 heteroatoms. The first-order valence-corrected chi connectivity index (χ1v) is 9.66. The number of guanidine groups is 1. The van der Waals surface area contributed by atoms with Gasteiger partial charge < -0.3 is 36.6 Å². The van der Waals surface area contributed by atoms with Crippen molar-refractivity contribution in [1.82, 2.24) is 20.0 Å². The number of piperazine rings is 1. The number of carbonyl (C=O) groups excluding carboxylic acids is 3. The zero-order valence-corrected chi connectivity index (χ0v) is 16.9. The van der Waals surface area contributed by atoms with Crippen LogP contribution in [0.25, 0.3) is 0 Å². The molecule has 2 heterocycles. The van der Waals surface area contributed by atoms with Crippen LogP contribution in [0.4, 0.5) is 15.3 Å². The van der Waals surface area contributed by atoms with E-state index in [4.69, 9.17) is 11.5 Å². The number of ketones is 1. The van der Waals surface area contributed by atoms with Crippen LogP contribution in [0.5, 0.6) is 0 Å². The lowest BCUT2D eigenvalue weighted by Crippen LogP contribution is -2.69. The topological polar surface area (TPSA) is 158 Å². The lowest BCUT2D eigenvalue weighted by atomic mass is 9.90. The molecular weight excluding hydrogens is 390 g/mol. The third kappa shape index (κ3) is 4.79. The van der Waals surface area contributed by atoms with Crippen molar-refractivity contribution in [3.05, 3.63) is 29.8 Å². The molecule has 30 heavy (non-hydrogen) atoms. The maximum atomic E-state index is 12.5. The van der Waals surface area contributed by atoms with Crippen molar-refractivity contribution >= 4 is 29.5 Å². The number of nitrogens with two attached hydrogens (primary N) is 2. The summed E-state index contributed by atoms with van der Waals surface area (Å²) in [5, 5.41) is 12.8. The third-order valence-electron chi connectivity index (χ3n) is 5.31. The number of hydrogen-bond donors (Lipinski definition) is 4. The molecular formula is C19H27N7O4. The number of carbonyl (C=O) groups is 3. The van der Waals surface area contributed by atoms with Crippen molar-refractivity contribution in [2.75, 3.05) is 39.3 Å². The lowest BCUT2D eigenvalue weighted by Gasteiger charge is -2.47. The van der Waals surface area contributed by atoms with Gasteiger partial charge in [0, 0.05) is 32.7 Å². The van der Waals surface area contributed by atoms with Crippen LogP contribution < -0.4 is 16.8 Å². The molecule has 2 saturated heterocycles. The highest BCUT2D eigenvalue weighted by atomic mass is 16.3. The van der Waals surface area contributed by atoms with Gasteiger partial charge in [0.15, 0.2) is 17.3 Å². The highest BCUT2D eigenvalue weighted by Crippen LogP contribution is 2.23. The molecule has 0 radical (unpaired) electrons. The van der Waals surface area contributed by atoms with Crippen molar-refractivity contribution in [1.29, 1.82) is 0 Å². The number of benzene rings is 1. The van der Waals surface area contributed by atoms with Crippen LogP contribution in [-0.4, -0.2) is 88.5 Å². The largest absolute Gasteiger partial charge is 0.378 e. The second kappa shape index (κ2) is 8.57. The number of nitrogens with one attached hydrogen (secondary N) is 1. The van der Waals surface area contributed by atoms with E-state index in [0.717, 1.165) is 5.56 Å². The molecule has 2 aliphatic heterocycles. The first kappa shape index (κ1) is 21.4. The van der Waals surface area contributed by atoms with Gasteiger partial charge in [-0.05, 0) is 24.6 Å². The summed E-state index contributed by atoms with van der Waals surface area (Å²) in [5.41, 5.74) is 10.8. The molecule has 3 rings (SSSR count). The summed E-state index contributed by atoms with van der Waals surface area (Å²) in [4.78, 5) is 44.9. The molecule has 0 aromatic heterocycles. The fraction of sp³-hybridized carbons (Fsp3) is 0.474. The normalized spacial score (nSPS) is 17.7. The van der Waals surface area contributed by atoms with Crippen LogP contribution in [0.2, 0.25) is 0 Å². The fourth-order valence-electron chi connectivity index (χ4n) is 3.37. The minimum atomic E-state index is -1.42. The van der Waals surface area contributed by atoms with Gasteiger partial charge in [0.1, 0.15) is 0 Å². The highest BCUT2D eigenvalue weighted by molar-refractivity contribution is 5.89. The second-order valence-corrected chi connectivity index (χ2v) is 7.56. The zero-order chi connectivity index (χ0) is 21.9. The van der Waals surface area contributed by atoms with Gasteiger partial charge in [-0.3, -0.25) is 4.79 Å². The molecule has 1 aromatic carbocycles. The molecule has 0 bridgehead atoms. The first-order valence-electron chi connectivity index (χ1n) is 9.66. The van der Waals surface area contributed by atoms with Crippen molar-refractivity contribution in [2.45, 2.75) is 19.1 Å². The van der Waals surface area contributed by atoms with Crippen LogP contribution in [0.3, 0.4) is 0 Å². The molecule has 6 N–H and O–H groups in total. The minimum Gasteiger partial charge on any atom is -0.378 e. The number of Topliss-reactive ketones (excluding diaryl/α,β-unsaturated/α-hetero) is 1. The second-order valence-electron chi connectivity index (χ2n) is 7.56. The van der Waals surface area contributed by atoms with Gasteiger partial charge in [-0.2, -0.15) is 0 Å². The predicted octanol–water partition coefficient (Wildman–Crippen LogP) is -0.826. The summed E-state index contributed by atoms with van der Waals surface area (Å²) in [5.74, 6) is -0.351. The van der Waals surface area contributed by atoms with Crippen molar-refractivity contribution < 1.29 is 19.5 Å². The highest BCUT2D eigenvalue weighted by Gasteiger charge is 2.48. The number of β-amino-alcohol motifs (C(OH)–C–C–N with tert-alkyl or cyclic N) is 1. The molecule has 4 amide bonds. The predicted molar refractivity (Wildman–Crippen MR) is 110 cm³/mol. The van der Waals surface area contributed by atoms with Gasteiger partial charge in [-0.25, -0.2) is 14.6 Å². The quantitative estimate of drug-likeness (QED) is 0.370. The molecule has 0 unspecified atom stereocenters. The number of aliphatic hydroxyl groups is 1. The number of aliphatic imine (C=N–C) groups is 1. The summed E-state index contributed by atoms with van der Waals surface area (Å²) < 4.78 is 0. The fourth-order valence-corrected chi connectivity index (χ4v) is 3.37. The van der Waals surface area contributed by atoms with E-state index >= 15 is 0 Å². The number of urea groups is 2. The number of amides is 4. The summed E-state index contributed by atoms with van der Waals surface area (Å²) in [7, 11) is 0. The summed E-state index contributed by atoms with van der Waals surface area (Å²) >= 11 is 0. The van der Waals surface area contributed by atoms with Crippen LogP contribution in [0.15, 0.2) is 29.3 Å². The maximum Gasteiger partial charge on any atom is 0.320 e. The maximum absolute atomic E-state index is 12.5. The Kier molecular flexibility index (Phi) is 6.11. The van der Waals surface area contributed by atoms with Crippen LogP contribution in [-0.2, 0) is 11.3 Å².